The van der Waals surface area contributed by atoms with E-state index >= 15 is 0 Å². The topological polar surface area (TPSA) is 68.0 Å². The Kier molecular flexibility index (Phi) is 5.15. The van der Waals surface area contributed by atoms with Gasteiger partial charge in [0.25, 0.3) is 0 Å². The fourth-order valence-electron chi connectivity index (χ4n) is 1.98. The number of methoxy groups -OCH3 is 2. The summed E-state index contributed by atoms with van der Waals surface area (Å²) in [5.41, 5.74) is 0.984. The van der Waals surface area contributed by atoms with E-state index in [1.54, 1.807) is 25.6 Å². The maximum Gasteiger partial charge on any atom is 0.237 e. The summed E-state index contributed by atoms with van der Waals surface area (Å²) in [6, 6.07) is 0.115. The van der Waals surface area contributed by atoms with E-state index in [2.05, 4.69) is 10.3 Å². The molecule has 2 aromatic rings. The third kappa shape index (κ3) is 3.24. The first-order chi connectivity index (χ1) is 9.30. The summed E-state index contributed by atoms with van der Waals surface area (Å²) < 4.78 is 12.4. The quantitative estimate of drug-likeness (QED) is 0.754. The smallest absolute Gasteiger partial charge is 0.237 e. The van der Waals surface area contributed by atoms with Gasteiger partial charge in [0.05, 0.1) is 13.7 Å². The standard InChI is InChI=1S/C12H19N3O3S/c1-17-8-9(3-5-16)13-7-10-11(18-2)14-12-15(10)4-6-19-12/h4,6,9,13,16H,3,5,7-8H2,1-2H3. The largest absolute Gasteiger partial charge is 0.480 e. The Morgan fingerprint density at radius 2 is 2.37 bits per heavy atom. The maximum absolute atomic E-state index is 9.02. The van der Waals surface area contributed by atoms with Gasteiger partial charge in [-0.15, -0.1) is 11.3 Å². The number of rotatable bonds is 8. The summed E-state index contributed by atoms with van der Waals surface area (Å²) in [5, 5.41) is 14.4. The van der Waals surface area contributed by atoms with Crippen molar-refractivity contribution in [3.63, 3.8) is 0 Å². The highest BCUT2D eigenvalue weighted by Gasteiger charge is 2.15. The van der Waals surface area contributed by atoms with Crippen LogP contribution in [0.1, 0.15) is 12.1 Å². The Hall–Kier alpha value is -1.15. The lowest BCUT2D eigenvalue weighted by Gasteiger charge is -2.16. The van der Waals surface area contributed by atoms with Crippen LogP contribution in [0.2, 0.25) is 0 Å². The van der Waals surface area contributed by atoms with Gasteiger partial charge in [0.2, 0.25) is 5.88 Å². The van der Waals surface area contributed by atoms with Crippen LogP contribution in [0.5, 0.6) is 5.88 Å². The molecule has 19 heavy (non-hydrogen) atoms. The monoisotopic (exact) mass is 285 g/mol. The average molecular weight is 285 g/mol. The molecule has 0 spiro atoms. The van der Waals surface area contributed by atoms with Crippen molar-refractivity contribution in [1.29, 1.82) is 0 Å². The molecule has 1 unspecified atom stereocenters. The van der Waals surface area contributed by atoms with Gasteiger partial charge < -0.3 is 19.9 Å². The Balaban J connectivity index is 2.08. The van der Waals surface area contributed by atoms with E-state index in [1.165, 1.54) is 0 Å². The van der Waals surface area contributed by atoms with E-state index in [9.17, 15) is 0 Å². The van der Waals surface area contributed by atoms with Crippen LogP contribution >= 0.6 is 11.3 Å². The van der Waals surface area contributed by atoms with E-state index in [4.69, 9.17) is 14.6 Å². The van der Waals surface area contributed by atoms with Gasteiger partial charge in [-0.2, -0.15) is 4.98 Å². The normalized spacial score (nSPS) is 13.0. The highest BCUT2D eigenvalue weighted by atomic mass is 32.1. The number of hydrogen-bond acceptors (Lipinski definition) is 6. The zero-order valence-electron chi connectivity index (χ0n) is 11.1. The van der Waals surface area contributed by atoms with Crippen molar-refractivity contribution < 1.29 is 14.6 Å². The van der Waals surface area contributed by atoms with Crippen LogP contribution < -0.4 is 10.1 Å². The molecule has 0 aliphatic rings. The predicted molar refractivity (Wildman–Crippen MR) is 73.8 cm³/mol. The zero-order valence-corrected chi connectivity index (χ0v) is 11.9. The molecule has 6 nitrogen and oxygen atoms in total. The minimum Gasteiger partial charge on any atom is -0.480 e. The lowest BCUT2D eigenvalue weighted by molar-refractivity contribution is 0.147. The molecule has 0 aliphatic carbocycles. The molecule has 0 saturated carbocycles. The molecule has 2 aromatic heterocycles. The Morgan fingerprint density at radius 3 is 3.05 bits per heavy atom. The molecule has 1 atom stereocenters. The first-order valence-corrected chi connectivity index (χ1v) is 6.99. The molecule has 0 bridgehead atoms. The van der Waals surface area contributed by atoms with Crippen LogP contribution in [-0.2, 0) is 11.3 Å². The lowest BCUT2D eigenvalue weighted by Crippen LogP contribution is -2.34. The van der Waals surface area contributed by atoms with E-state index in [-0.39, 0.29) is 12.6 Å². The van der Waals surface area contributed by atoms with Gasteiger partial charge in [-0.25, -0.2) is 0 Å². The van der Waals surface area contributed by atoms with Crippen LogP contribution in [0.4, 0.5) is 0 Å². The van der Waals surface area contributed by atoms with Crippen molar-refractivity contribution >= 4 is 16.3 Å². The number of thiazole rings is 1. The molecular formula is C12H19N3O3S. The van der Waals surface area contributed by atoms with Crippen LogP contribution in [0.15, 0.2) is 11.6 Å². The molecule has 2 N–H and O–H groups in total. The van der Waals surface area contributed by atoms with E-state index in [1.807, 2.05) is 16.0 Å². The number of hydrogen-bond donors (Lipinski definition) is 2. The molecule has 7 heteroatoms. The second-order valence-electron chi connectivity index (χ2n) is 4.17. The van der Waals surface area contributed by atoms with Gasteiger partial charge >= 0.3 is 0 Å². The molecular weight excluding hydrogens is 266 g/mol. The van der Waals surface area contributed by atoms with Crippen molar-refractivity contribution in [1.82, 2.24) is 14.7 Å². The summed E-state index contributed by atoms with van der Waals surface area (Å²) in [4.78, 5) is 5.32. The number of aromatic nitrogens is 2. The van der Waals surface area contributed by atoms with E-state index in [0.717, 1.165) is 10.7 Å². The molecule has 0 saturated heterocycles. The first kappa shape index (κ1) is 14.3. The second-order valence-corrected chi connectivity index (χ2v) is 5.04. The molecule has 2 rings (SSSR count). The fourth-order valence-corrected chi connectivity index (χ4v) is 2.70. The Labute approximate surface area is 116 Å². The molecule has 0 aliphatic heterocycles. The molecule has 0 amide bonds. The number of aliphatic hydroxyl groups is 1. The predicted octanol–water partition coefficient (Wildman–Crippen LogP) is 0.891. The average Bonchev–Trinajstić information content (AvgIpc) is 2.97. The molecule has 106 valence electrons. The third-order valence-electron chi connectivity index (χ3n) is 2.92. The first-order valence-electron chi connectivity index (χ1n) is 6.11. The minimum atomic E-state index is 0.115. The third-order valence-corrected chi connectivity index (χ3v) is 3.68. The molecule has 2 heterocycles. The minimum absolute atomic E-state index is 0.115. The van der Waals surface area contributed by atoms with Crippen molar-refractivity contribution in [3.8, 4) is 5.88 Å². The van der Waals surface area contributed by atoms with Gasteiger partial charge in [-0.05, 0) is 6.42 Å². The van der Waals surface area contributed by atoms with Crippen molar-refractivity contribution in [2.45, 2.75) is 19.0 Å². The van der Waals surface area contributed by atoms with E-state index in [0.29, 0.717) is 25.5 Å². The number of nitrogens with one attached hydrogen (secondary N) is 1. The molecule has 0 fully saturated rings. The zero-order chi connectivity index (χ0) is 13.7. The lowest BCUT2D eigenvalue weighted by atomic mass is 10.2. The fraction of sp³-hybridized carbons (Fsp3) is 0.583. The molecule has 0 radical (unpaired) electrons. The summed E-state index contributed by atoms with van der Waals surface area (Å²) in [6.07, 6.45) is 2.63. The van der Waals surface area contributed by atoms with Crippen LogP contribution in [0, 0.1) is 0 Å². The summed E-state index contributed by atoms with van der Waals surface area (Å²) in [6.45, 7) is 1.32. The van der Waals surface area contributed by atoms with Gasteiger partial charge in [0.1, 0.15) is 5.69 Å². The number of nitrogens with zero attached hydrogens (tertiary/aromatic N) is 2. The van der Waals surface area contributed by atoms with Gasteiger partial charge in [-0.3, -0.25) is 4.40 Å². The van der Waals surface area contributed by atoms with Gasteiger partial charge in [0, 0.05) is 37.9 Å². The summed E-state index contributed by atoms with van der Waals surface area (Å²) in [7, 11) is 3.28. The van der Waals surface area contributed by atoms with E-state index < -0.39 is 0 Å². The maximum atomic E-state index is 9.02. The summed E-state index contributed by atoms with van der Waals surface area (Å²) in [5.74, 6) is 0.638. The van der Waals surface area contributed by atoms with Gasteiger partial charge in [0.15, 0.2) is 4.96 Å². The number of ether oxygens (including phenoxy) is 2. The van der Waals surface area contributed by atoms with Crippen molar-refractivity contribution in [3.05, 3.63) is 17.3 Å². The number of imidazole rings is 1. The second kappa shape index (κ2) is 6.85. The van der Waals surface area contributed by atoms with Crippen molar-refractivity contribution in [2.75, 3.05) is 27.4 Å². The Bertz CT molecular complexity index is 505. The number of fused-ring (bicyclic) bond motifs is 1. The highest BCUT2D eigenvalue weighted by molar-refractivity contribution is 7.15. The highest BCUT2D eigenvalue weighted by Crippen LogP contribution is 2.22. The van der Waals surface area contributed by atoms with Gasteiger partial charge in [-0.1, -0.05) is 0 Å². The summed E-state index contributed by atoms with van der Waals surface area (Å²) >= 11 is 1.57. The van der Waals surface area contributed by atoms with Crippen LogP contribution in [0.25, 0.3) is 4.96 Å². The van der Waals surface area contributed by atoms with Crippen LogP contribution in [-0.4, -0.2) is 48.0 Å². The number of aliphatic hydroxyl groups excluding tert-OH is 1. The molecule has 0 aromatic carbocycles. The SMILES string of the molecule is COCC(CCO)NCc1c(OC)nc2sccn12. The van der Waals surface area contributed by atoms with Crippen LogP contribution in [0.3, 0.4) is 0 Å². The van der Waals surface area contributed by atoms with Crippen molar-refractivity contribution in [2.24, 2.45) is 0 Å². The Morgan fingerprint density at radius 1 is 1.53 bits per heavy atom.